The SMILES string of the molecule is CCOC(=O)Cc1ccccc1N(C)C. The molecule has 0 radical (unpaired) electrons. The molecule has 0 N–H and O–H groups in total. The maximum Gasteiger partial charge on any atom is 0.310 e. The summed E-state index contributed by atoms with van der Waals surface area (Å²) in [7, 11) is 3.92. The van der Waals surface area contributed by atoms with Crippen LogP contribution in [0.1, 0.15) is 12.5 Å². The first-order valence-electron chi connectivity index (χ1n) is 5.06. The van der Waals surface area contributed by atoms with Gasteiger partial charge in [-0.25, -0.2) is 0 Å². The van der Waals surface area contributed by atoms with Crippen LogP contribution in [0.5, 0.6) is 0 Å². The van der Waals surface area contributed by atoms with Crippen molar-refractivity contribution in [3.8, 4) is 0 Å². The quantitative estimate of drug-likeness (QED) is 0.706. The number of nitrogens with zero attached hydrogens (tertiary/aromatic N) is 1. The smallest absolute Gasteiger partial charge is 0.310 e. The predicted molar refractivity (Wildman–Crippen MR) is 61.1 cm³/mol. The van der Waals surface area contributed by atoms with Gasteiger partial charge >= 0.3 is 5.97 Å². The Bertz CT molecular complexity index is 334. The van der Waals surface area contributed by atoms with E-state index in [4.69, 9.17) is 4.74 Å². The molecule has 0 aliphatic rings. The van der Waals surface area contributed by atoms with Gasteiger partial charge in [-0.15, -0.1) is 0 Å². The Balaban J connectivity index is 2.80. The normalized spacial score (nSPS) is 9.80. The lowest BCUT2D eigenvalue weighted by atomic mass is 10.1. The first-order chi connectivity index (χ1) is 7.15. The molecule has 1 aromatic rings. The van der Waals surface area contributed by atoms with Crippen molar-refractivity contribution in [3.05, 3.63) is 29.8 Å². The molecular weight excluding hydrogens is 190 g/mol. The second kappa shape index (κ2) is 5.39. The summed E-state index contributed by atoms with van der Waals surface area (Å²) in [6.45, 7) is 2.25. The highest BCUT2D eigenvalue weighted by molar-refractivity contribution is 5.75. The zero-order chi connectivity index (χ0) is 11.3. The molecule has 0 bridgehead atoms. The monoisotopic (exact) mass is 207 g/mol. The van der Waals surface area contributed by atoms with Crippen LogP contribution in [0.25, 0.3) is 0 Å². The molecule has 0 aliphatic carbocycles. The van der Waals surface area contributed by atoms with Crippen LogP contribution in [0.3, 0.4) is 0 Å². The molecule has 0 saturated heterocycles. The molecule has 0 aromatic heterocycles. The van der Waals surface area contributed by atoms with Crippen LogP contribution in [0.15, 0.2) is 24.3 Å². The van der Waals surface area contributed by atoms with Gasteiger partial charge in [0.2, 0.25) is 0 Å². The highest BCUT2D eigenvalue weighted by Gasteiger charge is 2.08. The summed E-state index contributed by atoms with van der Waals surface area (Å²) in [4.78, 5) is 13.3. The molecular formula is C12H17NO2. The van der Waals surface area contributed by atoms with Gasteiger partial charge in [0.15, 0.2) is 0 Å². The standard InChI is InChI=1S/C12H17NO2/c1-4-15-12(14)9-10-7-5-6-8-11(10)13(2)3/h5-8H,4,9H2,1-3H3. The van der Waals surface area contributed by atoms with Gasteiger partial charge in [0.05, 0.1) is 13.0 Å². The predicted octanol–water partition coefficient (Wildman–Crippen LogP) is 1.86. The Kier molecular flexibility index (Phi) is 4.16. The fraction of sp³-hybridized carbons (Fsp3) is 0.417. The fourth-order valence-corrected chi connectivity index (χ4v) is 1.46. The average molecular weight is 207 g/mol. The molecule has 1 aromatic carbocycles. The van der Waals surface area contributed by atoms with Crippen LogP contribution in [0.2, 0.25) is 0 Å². The summed E-state index contributed by atoms with van der Waals surface area (Å²) in [5.74, 6) is -0.174. The fourth-order valence-electron chi connectivity index (χ4n) is 1.46. The van der Waals surface area contributed by atoms with E-state index in [1.807, 2.05) is 50.2 Å². The molecule has 3 heteroatoms. The van der Waals surface area contributed by atoms with Gasteiger partial charge in [0, 0.05) is 19.8 Å². The zero-order valence-electron chi connectivity index (χ0n) is 9.49. The van der Waals surface area contributed by atoms with Crippen molar-refractivity contribution >= 4 is 11.7 Å². The largest absolute Gasteiger partial charge is 0.466 e. The van der Waals surface area contributed by atoms with E-state index in [2.05, 4.69) is 0 Å². The number of carbonyl (C=O) groups excluding carboxylic acids is 1. The minimum atomic E-state index is -0.174. The first-order valence-corrected chi connectivity index (χ1v) is 5.06. The molecule has 1 rings (SSSR count). The molecule has 0 heterocycles. The summed E-state index contributed by atoms with van der Waals surface area (Å²) < 4.78 is 4.92. The topological polar surface area (TPSA) is 29.5 Å². The number of esters is 1. The number of hydrogen-bond donors (Lipinski definition) is 0. The number of rotatable bonds is 4. The van der Waals surface area contributed by atoms with Gasteiger partial charge in [-0.1, -0.05) is 18.2 Å². The van der Waals surface area contributed by atoms with Crippen molar-refractivity contribution in [1.29, 1.82) is 0 Å². The van der Waals surface area contributed by atoms with Crippen molar-refractivity contribution in [3.63, 3.8) is 0 Å². The van der Waals surface area contributed by atoms with E-state index in [9.17, 15) is 4.79 Å². The van der Waals surface area contributed by atoms with Gasteiger partial charge in [-0.05, 0) is 18.6 Å². The Morgan fingerprint density at radius 1 is 1.33 bits per heavy atom. The van der Waals surface area contributed by atoms with Gasteiger partial charge in [-0.3, -0.25) is 4.79 Å². The number of benzene rings is 1. The van der Waals surface area contributed by atoms with Crippen LogP contribution in [0.4, 0.5) is 5.69 Å². The first kappa shape index (κ1) is 11.6. The summed E-state index contributed by atoms with van der Waals surface area (Å²) in [5, 5.41) is 0. The zero-order valence-corrected chi connectivity index (χ0v) is 9.49. The van der Waals surface area contributed by atoms with E-state index in [-0.39, 0.29) is 5.97 Å². The van der Waals surface area contributed by atoms with Crippen molar-refractivity contribution < 1.29 is 9.53 Å². The molecule has 0 aliphatic heterocycles. The summed E-state index contributed by atoms with van der Waals surface area (Å²) >= 11 is 0. The third-order valence-electron chi connectivity index (χ3n) is 2.11. The van der Waals surface area contributed by atoms with Gasteiger partial charge in [0.1, 0.15) is 0 Å². The molecule has 0 spiro atoms. The highest BCUT2D eigenvalue weighted by atomic mass is 16.5. The van der Waals surface area contributed by atoms with E-state index in [0.717, 1.165) is 11.3 Å². The molecule has 3 nitrogen and oxygen atoms in total. The van der Waals surface area contributed by atoms with Crippen LogP contribution < -0.4 is 4.90 Å². The Hall–Kier alpha value is -1.51. The molecule has 0 unspecified atom stereocenters. The second-order valence-electron chi connectivity index (χ2n) is 3.50. The third-order valence-corrected chi connectivity index (χ3v) is 2.11. The van der Waals surface area contributed by atoms with Crippen molar-refractivity contribution in [2.45, 2.75) is 13.3 Å². The van der Waals surface area contributed by atoms with E-state index >= 15 is 0 Å². The van der Waals surface area contributed by atoms with Crippen molar-refractivity contribution in [2.24, 2.45) is 0 Å². The van der Waals surface area contributed by atoms with E-state index in [0.29, 0.717) is 13.0 Å². The number of ether oxygens (including phenoxy) is 1. The maximum absolute atomic E-state index is 11.3. The van der Waals surface area contributed by atoms with E-state index in [1.54, 1.807) is 0 Å². The lowest BCUT2D eigenvalue weighted by molar-refractivity contribution is -0.142. The van der Waals surface area contributed by atoms with Crippen LogP contribution in [0, 0.1) is 0 Å². The van der Waals surface area contributed by atoms with Gasteiger partial charge < -0.3 is 9.64 Å². The second-order valence-corrected chi connectivity index (χ2v) is 3.50. The summed E-state index contributed by atoms with van der Waals surface area (Å²) in [6, 6.07) is 7.84. The summed E-state index contributed by atoms with van der Waals surface area (Å²) in [6.07, 6.45) is 0.336. The number of carbonyl (C=O) groups is 1. The maximum atomic E-state index is 11.3. The van der Waals surface area contributed by atoms with Crippen molar-refractivity contribution in [2.75, 3.05) is 25.6 Å². The summed E-state index contributed by atoms with van der Waals surface area (Å²) in [5.41, 5.74) is 2.06. The minimum absolute atomic E-state index is 0.174. The Morgan fingerprint density at radius 2 is 2.00 bits per heavy atom. The van der Waals surface area contributed by atoms with E-state index in [1.165, 1.54) is 0 Å². The van der Waals surface area contributed by atoms with Crippen molar-refractivity contribution in [1.82, 2.24) is 0 Å². The lowest BCUT2D eigenvalue weighted by Crippen LogP contribution is -2.14. The van der Waals surface area contributed by atoms with Gasteiger partial charge in [0.25, 0.3) is 0 Å². The average Bonchev–Trinajstić information content (AvgIpc) is 2.18. The van der Waals surface area contributed by atoms with E-state index < -0.39 is 0 Å². The minimum Gasteiger partial charge on any atom is -0.466 e. The number of anilines is 1. The highest BCUT2D eigenvalue weighted by Crippen LogP contribution is 2.18. The molecule has 15 heavy (non-hydrogen) atoms. The Labute approximate surface area is 90.7 Å². The molecule has 0 atom stereocenters. The number of para-hydroxylation sites is 1. The van der Waals surface area contributed by atoms with Gasteiger partial charge in [-0.2, -0.15) is 0 Å². The molecule has 82 valence electrons. The number of hydrogen-bond acceptors (Lipinski definition) is 3. The van der Waals surface area contributed by atoms with Crippen LogP contribution in [-0.2, 0) is 16.0 Å². The van der Waals surface area contributed by atoms with Crippen LogP contribution >= 0.6 is 0 Å². The molecule has 0 amide bonds. The molecule has 0 saturated carbocycles. The van der Waals surface area contributed by atoms with Crippen LogP contribution in [-0.4, -0.2) is 26.7 Å². The third kappa shape index (κ3) is 3.27. The Morgan fingerprint density at radius 3 is 2.60 bits per heavy atom. The molecule has 0 fully saturated rings. The lowest BCUT2D eigenvalue weighted by Gasteiger charge is -2.16.